The number of aliphatic hydroxyl groups is 1. The molecule has 138 valence electrons. The Hall–Kier alpha value is -0.120. The first-order chi connectivity index (χ1) is 11.3. The maximum atomic E-state index is 9.87. The standard InChI is InChI=1S/C20H42N2O/c1-2-3-4-5-6-7-8-9-10-11-12-13-14-16-22-19-18-21-17-15-20(19)23/h19-23H,2-18H2,1H3. The van der Waals surface area contributed by atoms with Crippen LogP contribution in [0.4, 0.5) is 0 Å². The first-order valence-corrected chi connectivity index (χ1v) is 10.5. The third-order valence-corrected chi connectivity index (χ3v) is 5.13. The van der Waals surface area contributed by atoms with Gasteiger partial charge in [0.1, 0.15) is 0 Å². The van der Waals surface area contributed by atoms with Crippen LogP contribution in [0.25, 0.3) is 0 Å². The summed E-state index contributed by atoms with van der Waals surface area (Å²) in [4.78, 5) is 0. The molecule has 0 bridgehead atoms. The largest absolute Gasteiger partial charge is 0.391 e. The first kappa shape index (κ1) is 20.9. The Labute approximate surface area is 145 Å². The minimum absolute atomic E-state index is 0.154. The van der Waals surface area contributed by atoms with E-state index < -0.39 is 0 Å². The number of hydrogen-bond acceptors (Lipinski definition) is 3. The van der Waals surface area contributed by atoms with Gasteiger partial charge in [-0.1, -0.05) is 84.0 Å². The summed E-state index contributed by atoms with van der Waals surface area (Å²) in [6.07, 6.45) is 19.0. The summed E-state index contributed by atoms with van der Waals surface area (Å²) in [7, 11) is 0. The van der Waals surface area contributed by atoms with Crippen LogP contribution in [-0.4, -0.2) is 36.9 Å². The van der Waals surface area contributed by atoms with Gasteiger partial charge in [0.05, 0.1) is 6.10 Å². The van der Waals surface area contributed by atoms with Crippen molar-refractivity contribution < 1.29 is 5.11 Å². The van der Waals surface area contributed by atoms with Crippen molar-refractivity contribution in [1.82, 2.24) is 10.6 Å². The lowest BCUT2D eigenvalue weighted by Gasteiger charge is -2.29. The smallest absolute Gasteiger partial charge is 0.0717 e. The molecule has 0 aliphatic carbocycles. The molecular weight excluding hydrogens is 284 g/mol. The molecule has 0 radical (unpaired) electrons. The third-order valence-electron chi connectivity index (χ3n) is 5.13. The molecule has 0 aromatic rings. The molecular formula is C20H42N2O. The summed E-state index contributed by atoms with van der Waals surface area (Å²) < 4.78 is 0. The van der Waals surface area contributed by atoms with Gasteiger partial charge in [-0.05, 0) is 25.9 Å². The number of nitrogens with one attached hydrogen (secondary N) is 2. The topological polar surface area (TPSA) is 44.3 Å². The molecule has 1 heterocycles. The minimum Gasteiger partial charge on any atom is -0.391 e. The molecule has 0 amide bonds. The summed E-state index contributed by atoms with van der Waals surface area (Å²) in [5.41, 5.74) is 0. The zero-order chi connectivity index (χ0) is 16.6. The van der Waals surface area contributed by atoms with Crippen molar-refractivity contribution in [2.75, 3.05) is 19.6 Å². The molecule has 3 nitrogen and oxygen atoms in total. The molecule has 1 aliphatic rings. The highest BCUT2D eigenvalue weighted by molar-refractivity contribution is 4.82. The summed E-state index contributed by atoms with van der Waals surface area (Å²) in [6.45, 7) is 5.21. The van der Waals surface area contributed by atoms with E-state index in [-0.39, 0.29) is 12.1 Å². The molecule has 0 spiro atoms. The van der Waals surface area contributed by atoms with E-state index in [9.17, 15) is 5.11 Å². The Morgan fingerprint density at radius 1 is 0.826 bits per heavy atom. The molecule has 0 aromatic carbocycles. The quantitative estimate of drug-likeness (QED) is 0.391. The average Bonchev–Trinajstić information content (AvgIpc) is 2.57. The van der Waals surface area contributed by atoms with Crippen LogP contribution in [0.15, 0.2) is 0 Å². The Balaban J connectivity index is 1.73. The molecule has 2 atom stereocenters. The summed E-state index contributed by atoms with van der Waals surface area (Å²) >= 11 is 0. The molecule has 1 rings (SSSR count). The van der Waals surface area contributed by atoms with E-state index in [4.69, 9.17) is 0 Å². The maximum absolute atomic E-state index is 9.87. The van der Waals surface area contributed by atoms with E-state index in [1.807, 2.05) is 0 Å². The van der Waals surface area contributed by atoms with Crippen molar-refractivity contribution in [2.24, 2.45) is 0 Å². The van der Waals surface area contributed by atoms with E-state index in [0.717, 1.165) is 26.1 Å². The van der Waals surface area contributed by atoms with Crippen molar-refractivity contribution >= 4 is 0 Å². The van der Waals surface area contributed by atoms with Crippen LogP contribution in [0.5, 0.6) is 0 Å². The fraction of sp³-hybridized carbons (Fsp3) is 1.00. The molecule has 2 unspecified atom stereocenters. The number of unbranched alkanes of at least 4 members (excludes halogenated alkanes) is 12. The summed E-state index contributed by atoms with van der Waals surface area (Å²) in [5, 5.41) is 16.7. The molecule has 1 saturated heterocycles. The van der Waals surface area contributed by atoms with Gasteiger partial charge >= 0.3 is 0 Å². The number of rotatable bonds is 15. The lowest BCUT2D eigenvalue weighted by molar-refractivity contribution is 0.0991. The van der Waals surface area contributed by atoms with Gasteiger partial charge in [-0.2, -0.15) is 0 Å². The van der Waals surface area contributed by atoms with E-state index in [0.29, 0.717) is 0 Å². The fourth-order valence-electron chi connectivity index (χ4n) is 3.48. The van der Waals surface area contributed by atoms with Crippen LogP contribution < -0.4 is 10.6 Å². The highest BCUT2D eigenvalue weighted by atomic mass is 16.3. The van der Waals surface area contributed by atoms with Crippen LogP contribution in [-0.2, 0) is 0 Å². The highest BCUT2D eigenvalue weighted by Crippen LogP contribution is 2.12. The molecule has 1 aliphatic heterocycles. The lowest BCUT2D eigenvalue weighted by atomic mass is 10.0. The van der Waals surface area contributed by atoms with Crippen LogP contribution in [0.3, 0.4) is 0 Å². The van der Waals surface area contributed by atoms with Gasteiger partial charge in [0, 0.05) is 12.6 Å². The second-order valence-corrected chi connectivity index (χ2v) is 7.36. The zero-order valence-corrected chi connectivity index (χ0v) is 15.6. The molecule has 23 heavy (non-hydrogen) atoms. The maximum Gasteiger partial charge on any atom is 0.0717 e. The van der Waals surface area contributed by atoms with Gasteiger partial charge < -0.3 is 15.7 Å². The van der Waals surface area contributed by atoms with Crippen molar-refractivity contribution in [3.8, 4) is 0 Å². The lowest BCUT2D eigenvalue weighted by Crippen LogP contribution is -2.52. The van der Waals surface area contributed by atoms with Crippen molar-refractivity contribution in [1.29, 1.82) is 0 Å². The zero-order valence-electron chi connectivity index (χ0n) is 15.6. The molecule has 3 N–H and O–H groups in total. The molecule has 0 saturated carbocycles. The third kappa shape index (κ3) is 12.0. The van der Waals surface area contributed by atoms with Crippen molar-refractivity contribution in [3.05, 3.63) is 0 Å². The second kappa shape index (κ2) is 15.4. The van der Waals surface area contributed by atoms with Crippen molar-refractivity contribution in [2.45, 2.75) is 109 Å². The van der Waals surface area contributed by atoms with E-state index >= 15 is 0 Å². The fourth-order valence-corrected chi connectivity index (χ4v) is 3.48. The Morgan fingerprint density at radius 3 is 1.87 bits per heavy atom. The monoisotopic (exact) mass is 326 g/mol. The summed E-state index contributed by atoms with van der Waals surface area (Å²) in [6, 6.07) is 0.265. The predicted octanol–water partition coefficient (Wildman–Crippen LogP) is 4.39. The highest BCUT2D eigenvalue weighted by Gasteiger charge is 2.21. The van der Waals surface area contributed by atoms with Gasteiger partial charge in [0.2, 0.25) is 0 Å². The Bertz CT molecular complexity index is 248. The average molecular weight is 327 g/mol. The SMILES string of the molecule is CCCCCCCCCCCCCCCNC1CNCCC1O. The molecule has 0 aromatic heterocycles. The van der Waals surface area contributed by atoms with Crippen LogP contribution >= 0.6 is 0 Å². The van der Waals surface area contributed by atoms with E-state index in [2.05, 4.69) is 17.6 Å². The predicted molar refractivity (Wildman–Crippen MR) is 101 cm³/mol. The van der Waals surface area contributed by atoms with Crippen LogP contribution in [0.2, 0.25) is 0 Å². The molecule has 1 fully saturated rings. The number of piperidine rings is 1. The Kier molecular flexibility index (Phi) is 14.0. The van der Waals surface area contributed by atoms with Gasteiger partial charge in [-0.25, -0.2) is 0 Å². The van der Waals surface area contributed by atoms with Gasteiger partial charge in [0.15, 0.2) is 0 Å². The molecule has 3 heteroatoms. The number of hydrogen-bond donors (Lipinski definition) is 3. The van der Waals surface area contributed by atoms with Gasteiger partial charge in [-0.15, -0.1) is 0 Å². The summed E-state index contributed by atoms with van der Waals surface area (Å²) in [5.74, 6) is 0. The minimum atomic E-state index is -0.154. The number of aliphatic hydroxyl groups excluding tert-OH is 1. The van der Waals surface area contributed by atoms with Gasteiger partial charge in [-0.3, -0.25) is 0 Å². The Morgan fingerprint density at radius 2 is 1.35 bits per heavy atom. The van der Waals surface area contributed by atoms with Crippen LogP contribution in [0.1, 0.15) is 96.8 Å². The van der Waals surface area contributed by atoms with Crippen LogP contribution in [0, 0.1) is 0 Å². The van der Waals surface area contributed by atoms with Gasteiger partial charge in [0.25, 0.3) is 0 Å². The first-order valence-electron chi connectivity index (χ1n) is 10.5. The second-order valence-electron chi connectivity index (χ2n) is 7.36. The van der Waals surface area contributed by atoms with Crippen molar-refractivity contribution in [3.63, 3.8) is 0 Å². The normalized spacial score (nSPS) is 21.7. The van der Waals surface area contributed by atoms with E-state index in [1.165, 1.54) is 83.5 Å². The van der Waals surface area contributed by atoms with E-state index in [1.54, 1.807) is 0 Å².